The highest BCUT2D eigenvalue weighted by atomic mass is 19.4. The average Bonchev–Trinajstić information content (AvgIpc) is 2.48. The first-order valence-corrected chi connectivity index (χ1v) is 7.08. The SMILES string of the molecule is Cc1ccc(C(F)(F)F)cc1NC(=O)CC(O)c1cccc(F)c1. The number of anilines is 1. The third kappa shape index (κ3) is 4.55. The van der Waals surface area contributed by atoms with E-state index in [9.17, 15) is 27.5 Å². The number of benzene rings is 2. The van der Waals surface area contributed by atoms with Crippen LogP contribution in [0.15, 0.2) is 42.5 Å². The molecule has 0 bridgehead atoms. The Kier molecular flexibility index (Phi) is 5.23. The van der Waals surface area contributed by atoms with Crippen molar-refractivity contribution in [3.8, 4) is 0 Å². The molecule has 1 unspecified atom stereocenters. The molecule has 0 aliphatic heterocycles. The lowest BCUT2D eigenvalue weighted by atomic mass is 10.1. The fraction of sp³-hybridized carbons (Fsp3) is 0.235. The zero-order chi connectivity index (χ0) is 17.9. The number of hydrogen-bond acceptors (Lipinski definition) is 2. The summed E-state index contributed by atoms with van der Waals surface area (Å²) in [5.74, 6) is -1.23. The molecule has 2 N–H and O–H groups in total. The van der Waals surface area contributed by atoms with Crippen molar-refractivity contribution < 1.29 is 27.5 Å². The van der Waals surface area contributed by atoms with Gasteiger partial charge in [-0.25, -0.2) is 4.39 Å². The van der Waals surface area contributed by atoms with Crippen LogP contribution in [0.1, 0.15) is 29.2 Å². The van der Waals surface area contributed by atoms with Crippen LogP contribution in [-0.2, 0) is 11.0 Å². The molecular weight excluding hydrogens is 326 g/mol. The quantitative estimate of drug-likeness (QED) is 0.818. The Morgan fingerprint density at radius 1 is 1.21 bits per heavy atom. The van der Waals surface area contributed by atoms with Gasteiger partial charge in [-0.1, -0.05) is 18.2 Å². The van der Waals surface area contributed by atoms with Gasteiger partial charge in [0.25, 0.3) is 0 Å². The molecule has 0 aromatic heterocycles. The number of rotatable bonds is 4. The number of alkyl halides is 3. The Bertz CT molecular complexity index is 744. The fourth-order valence-corrected chi connectivity index (χ4v) is 2.14. The van der Waals surface area contributed by atoms with E-state index in [4.69, 9.17) is 0 Å². The minimum atomic E-state index is -4.52. The van der Waals surface area contributed by atoms with Crippen LogP contribution in [0.5, 0.6) is 0 Å². The summed E-state index contributed by atoms with van der Waals surface area (Å²) in [6, 6.07) is 8.14. The van der Waals surface area contributed by atoms with Gasteiger partial charge in [-0.05, 0) is 42.3 Å². The third-order valence-electron chi connectivity index (χ3n) is 3.45. The largest absolute Gasteiger partial charge is 0.416 e. The number of hydrogen-bond donors (Lipinski definition) is 2. The lowest BCUT2D eigenvalue weighted by molar-refractivity contribution is -0.137. The van der Waals surface area contributed by atoms with E-state index >= 15 is 0 Å². The van der Waals surface area contributed by atoms with Crippen LogP contribution in [0.2, 0.25) is 0 Å². The molecule has 0 fully saturated rings. The van der Waals surface area contributed by atoms with Crippen LogP contribution in [0, 0.1) is 12.7 Å². The Labute approximate surface area is 135 Å². The van der Waals surface area contributed by atoms with Crippen molar-refractivity contribution in [1.82, 2.24) is 0 Å². The van der Waals surface area contributed by atoms with E-state index in [2.05, 4.69) is 5.32 Å². The number of carbonyl (C=O) groups is 1. The molecular formula is C17H15F4NO2. The second-order valence-electron chi connectivity index (χ2n) is 5.35. The Hall–Kier alpha value is -2.41. The maximum absolute atomic E-state index is 13.1. The van der Waals surface area contributed by atoms with Crippen molar-refractivity contribution in [1.29, 1.82) is 0 Å². The van der Waals surface area contributed by atoms with Crippen molar-refractivity contribution in [2.24, 2.45) is 0 Å². The molecule has 1 amide bonds. The molecule has 0 saturated carbocycles. The summed E-state index contributed by atoms with van der Waals surface area (Å²) in [7, 11) is 0. The molecule has 0 spiro atoms. The first-order chi connectivity index (χ1) is 11.2. The monoisotopic (exact) mass is 341 g/mol. The Morgan fingerprint density at radius 2 is 1.92 bits per heavy atom. The fourth-order valence-electron chi connectivity index (χ4n) is 2.14. The Balaban J connectivity index is 2.09. The number of nitrogens with one attached hydrogen (secondary N) is 1. The standard InChI is InChI=1S/C17H15F4NO2/c1-10-5-6-12(17(19,20)21)8-14(10)22-16(24)9-15(23)11-3-2-4-13(18)7-11/h2-8,15,23H,9H2,1H3,(H,22,24). The zero-order valence-corrected chi connectivity index (χ0v) is 12.7. The van der Waals surface area contributed by atoms with Crippen molar-refractivity contribution in [3.05, 3.63) is 65.0 Å². The molecule has 3 nitrogen and oxygen atoms in total. The van der Waals surface area contributed by atoms with Gasteiger partial charge >= 0.3 is 6.18 Å². The molecule has 0 aliphatic rings. The maximum Gasteiger partial charge on any atom is 0.416 e. The van der Waals surface area contributed by atoms with E-state index in [1.165, 1.54) is 24.3 Å². The van der Waals surface area contributed by atoms with Crippen LogP contribution >= 0.6 is 0 Å². The van der Waals surface area contributed by atoms with Crippen molar-refractivity contribution >= 4 is 11.6 Å². The highest BCUT2D eigenvalue weighted by Crippen LogP contribution is 2.32. The van der Waals surface area contributed by atoms with E-state index in [0.717, 1.165) is 18.2 Å². The van der Waals surface area contributed by atoms with Crippen LogP contribution in [-0.4, -0.2) is 11.0 Å². The van der Waals surface area contributed by atoms with Gasteiger partial charge in [0.15, 0.2) is 0 Å². The number of aryl methyl sites for hydroxylation is 1. The topological polar surface area (TPSA) is 49.3 Å². The first-order valence-electron chi connectivity index (χ1n) is 7.08. The molecule has 24 heavy (non-hydrogen) atoms. The van der Waals surface area contributed by atoms with Crippen LogP contribution < -0.4 is 5.32 Å². The molecule has 2 rings (SSSR count). The average molecular weight is 341 g/mol. The predicted molar refractivity (Wildman–Crippen MR) is 80.8 cm³/mol. The summed E-state index contributed by atoms with van der Waals surface area (Å²) < 4.78 is 51.3. The van der Waals surface area contributed by atoms with Gasteiger partial charge in [0.2, 0.25) is 5.91 Å². The predicted octanol–water partition coefficient (Wildman–Crippen LogP) is 4.22. The van der Waals surface area contributed by atoms with Gasteiger partial charge in [-0.15, -0.1) is 0 Å². The number of halogens is 4. The van der Waals surface area contributed by atoms with Crippen molar-refractivity contribution in [2.75, 3.05) is 5.32 Å². The summed E-state index contributed by atoms with van der Waals surface area (Å²) in [6.07, 6.45) is -6.18. The molecule has 1 atom stereocenters. The van der Waals surface area contributed by atoms with E-state index in [1.54, 1.807) is 6.92 Å². The first kappa shape index (κ1) is 17.9. The molecule has 2 aromatic rings. The second kappa shape index (κ2) is 7.00. The van der Waals surface area contributed by atoms with E-state index in [1.807, 2.05) is 0 Å². The second-order valence-corrected chi connectivity index (χ2v) is 5.35. The Morgan fingerprint density at radius 3 is 2.54 bits per heavy atom. The summed E-state index contributed by atoms with van der Waals surface area (Å²) in [6.45, 7) is 1.55. The molecule has 2 aromatic carbocycles. The van der Waals surface area contributed by atoms with Crippen LogP contribution in [0.25, 0.3) is 0 Å². The minimum Gasteiger partial charge on any atom is -0.388 e. The molecule has 0 aliphatic carbocycles. The van der Waals surface area contributed by atoms with Gasteiger partial charge in [0.1, 0.15) is 5.82 Å². The number of aliphatic hydroxyl groups excluding tert-OH is 1. The molecule has 0 heterocycles. The summed E-state index contributed by atoms with van der Waals surface area (Å²) >= 11 is 0. The minimum absolute atomic E-state index is 0.0151. The normalized spacial score (nSPS) is 12.8. The summed E-state index contributed by atoms with van der Waals surface area (Å²) in [4.78, 5) is 11.9. The zero-order valence-electron chi connectivity index (χ0n) is 12.7. The van der Waals surface area contributed by atoms with Crippen molar-refractivity contribution in [2.45, 2.75) is 25.6 Å². The van der Waals surface area contributed by atoms with Gasteiger partial charge in [-0.3, -0.25) is 4.79 Å². The van der Waals surface area contributed by atoms with Gasteiger partial charge in [0.05, 0.1) is 18.1 Å². The maximum atomic E-state index is 13.1. The van der Waals surface area contributed by atoms with Crippen molar-refractivity contribution in [3.63, 3.8) is 0 Å². The number of aliphatic hydroxyl groups is 1. The van der Waals surface area contributed by atoms with Crippen LogP contribution in [0.3, 0.4) is 0 Å². The lowest BCUT2D eigenvalue weighted by Gasteiger charge is -2.14. The van der Waals surface area contributed by atoms with E-state index in [0.29, 0.717) is 5.56 Å². The van der Waals surface area contributed by atoms with Gasteiger partial charge < -0.3 is 10.4 Å². The molecule has 7 heteroatoms. The molecule has 0 radical (unpaired) electrons. The highest BCUT2D eigenvalue weighted by molar-refractivity contribution is 5.92. The smallest absolute Gasteiger partial charge is 0.388 e. The van der Waals surface area contributed by atoms with Crippen LogP contribution in [0.4, 0.5) is 23.2 Å². The van der Waals surface area contributed by atoms with E-state index in [-0.39, 0.29) is 11.3 Å². The van der Waals surface area contributed by atoms with Gasteiger partial charge in [0, 0.05) is 5.69 Å². The number of amides is 1. The molecule has 128 valence electrons. The summed E-state index contributed by atoms with van der Waals surface area (Å²) in [5.41, 5.74) is -0.196. The van der Waals surface area contributed by atoms with E-state index < -0.39 is 36.0 Å². The highest BCUT2D eigenvalue weighted by Gasteiger charge is 2.31. The summed E-state index contributed by atoms with van der Waals surface area (Å²) in [5, 5.41) is 12.3. The third-order valence-corrected chi connectivity index (χ3v) is 3.45. The lowest BCUT2D eigenvalue weighted by Crippen LogP contribution is -2.17. The molecule has 0 saturated heterocycles. The number of carbonyl (C=O) groups excluding carboxylic acids is 1. The van der Waals surface area contributed by atoms with Gasteiger partial charge in [-0.2, -0.15) is 13.2 Å².